The largest absolute Gasteiger partial charge is 0.428 e. The lowest BCUT2D eigenvalue weighted by Gasteiger charge is -2.06. The Balaban J connectivity index is 0.000000175. The van der Waals surface area contributed by atoms with Crippen LogP contribution in [0.25, 0.3) is 33.4 Å². The third-order valence-corrected chi connectivity index (χ3v) is 11.0. The summed E-state index contributed by atoms with van der Waals surface area (Å²) in [4.78, 5) is 37.0. The highest BCUT2D eigenvalue weighted by Crippen LogP contribution is 2.29. The summed E-state index contributed by atoms with van der Waals surface area (Å²) in [6, 6.07) is 29.7. The van der Waals surface area contributed by atoms with Gasteiger partial charge in [0.15, 0.2) is 9.84 Å². The lowest BCUT2D eigenvalue weighted by atomic mass is 10.0. The van der Waals surface area contributed by atoms with Gasteiger partial charge in [0.05, 0.1) is 4.90 Å². The molecule has 12 heteroatoms. The van der Waals surface area contributed by atoms with Crippen LogP contribution >= 0.6 is 39.5 Å². The minimum absolute atomic E-state index is 0.258. The van der Waals surface area contributed by atoms with Crippen LogP contribution in [0.1, 0.15) is 22.8 Å². The maximum Gasteiger partial charge on any atom is 0.350 e. The SMILES string of the molecule is CSc1ccc(-c2cc(C)oc(=O)c2)cc1.CSc1ccc(-c2cc(C)oc(=O)c2Br)cc1.Cc1cc(-c2ccc(S(C)(=O)=O)cc2)c(C)c(=O)o1. The molecular weight excluding hydrogens is 785 g/mol. The fourth-order valence-corrected chi connectivity index (χ4v) is 6.86. The van der Waals surface area contributed by atoms with E-state index < -0.39 is 9.84 Å². The van der Waals surface area contributed by atoms with Gasteiger partial charge in [0.2, 0.25) is 0 Å². The monoisotopic (exact) mass is 820 g/mol. The summed E-state index contributed by atoms with van der Waals surface area (Å²) >= 11 is 6.67. The van der Waals surface area contributed by atoms with E-state index >= 15 is 0 Å². The van der Waals surface area contributed by atoms with Crippen LogP contribution in [0.4, 0.5) is 0 Å². The first-order valence-corrected chi connectivity index (χ1v) is 20.9. The second kappa shape index (κ2) is 17.9. The lowest BCUT2D eigenvalue weighted by Crippen LogP contribution is -2.06. The van der Waals surface area contributed by atoms with Gasteiger partial charge in [-0.15, -0.1) is 23.5 Å². The van der Waals surface area contributed by atoms with E-state index in [0.29, 0.717) is 27.3 Å². The van der Waals surface area contributed by atoms with Gasteiger partial charge in [-0.1, -0.05) is 36.4 Å². The van der Waals surface area contributed by atoms with Gasteiger partial charge in [-0.3, -0.25) is 0 Å². The Hall–Kier alpha value is -4.36. The topological polar surface area (TPSA) is 125 Å². The van der Waals surface area contributed by atoms with Crippen molar-refractivity contribution >= 4 is 49.3 Å². The van der Waals surface area contributed by atoms with Gasteiger partial charge in [-0.25, -0.2) is 22.8 Å². The molecular formula is C40H37BrO8S3. The van der Waals surface area contributed by atoms with Crippen LogP contribution in [0, 0.1) is 27.7 Å². The van der Waals surface area contributed by atoms with E-state index in [1.807, 2.05) is 73.2 Å². The molecule has 3 heterocycles. The number of aryl methyl sites for hydroxylation is 3. The van der Waals surface area contributed by atoms with Crippen molar-refractivity contribution in [1.29, 1.82) is 0 Å². The van der Waals surface area contributed by atoms with Gasteiger partial charge >= 0.3 is 16.9 Å². The Morgan fingerprint density at radius 1 is 0.538 bits per heavy atom. The molecule has 8 nitrogen and oxygen atoms in total. The summed E-state index contributed by atoms with van der Waals surface area (Å²) in [6.07, 6.45) is 5.23. The van der Waals surface area contributed by atoms with Gasteiger partial charge in [0.1, 0.15) is 21.8 Å². The molecule has 0 fully saturated rings. The van der Waals surface area contributed by atoms with Crippen LogP contribution < -0.4 is 16.9 Å². The predicted octanol–water partition coefficient (Wildman–Crippen LogP) is 9.76. The standard InChI is InChI=1S/C14H14O4S.C13H11BrO2S.C13H12O2S/c1-9-8-13(10(2)14(15)18-9)11-4-6-12(7-5-11)19(3,16)17;1-8-7-11(12(14)13(15)16-8)9-3-5-10(17-2)6-4-9;1-9-7-11(8-13(14)15-9)10-3-5-12(16-2)6-4-10/h4-8H,1-3H3;3-7H,1-2H3;3-8H,1-2H3. The molecule has 0 saturated heterocycles. The van der Waals surface area contributed by atoms with E-state index in [9.17, 15) is 22.8 Å². The summed E-state index contributed by atoms with van der Waals surface area (Å²) in [5.41, 5.74) is 4.86. The third-order valence-electron chi connectivity index (χ3n) is 7.64. The number of halogens is 1. The Kier molecular flexibility index (Phi) is 13.9. The number of rotatable bonds is 6. The molecule has 0 atom stereocenters. The molecule has 270 valence electrons. The Labute approximate surface area is 319 Å². The minimum Gasteiger partial charge on any atom is -0.428 e. The molecule has 0 unspecified atom stereocenters. The fraction of sp³-hybridized carbons (Fsp3) is 0.175. The third kappa shape index (κ3) is 10.8. The Morgan fingerprint density at radius 2 is 0.981 bits per heavy atom. The minimum atomic E-state index is -3.21. The smallest absolute Gasteiger partial charge is 0.350 e. The summed E-state index contributed by atoms with van der Waals surface area (Å²) in [6.45, 7) is 6.94. The molecule has 0 aliphatic carbocycles. The highest BCUT2D eigenvalue weighted by molar-refractivity contribution is 9.10. The summed E-state index contributed by atoms with van der Waals surface area (Å²) in [5, 5.41) is 0. The molecule has 52 heavy (non-hydrogen) atoms. The molecule has 3 aromatic heterocycles. The van der Waals surface area contributed by atoms with Gasteiger partial charge < -0.3 is 13.3 Å². The van der Waals surface area contributed by atoms with Gasteiger partial charge in [0, 0.05) is 33.2 Å². The van der Waals surface area contributed by atoms with Crippen molar-refractivity contribution in [2.24, 2.45) is 0 Å². The molecule has 6 rings (SSSR count). The molecule has 0 aliphatic rings. The zero-order valence-electron chi connectivity index (χ0n) is 29.6. The average molecular weight is 822 g/mol. The average Bonchev–Trinajstić information content (AvgIpc) is 3.11. The normalized spacial score (nSPS) is 10.8. The molecule has 0 bridgehead atoms. The van der Waals surface area contributed by atoms with Gasteiger partial charge in [-0.05, 0) is 139 Å². The Bertz CT molecular complexity index is 2450. The van der Waals surface area contributed by atoms with Crippen LogP contribution in [-0.2, 0) is 9.84 Å². The number of thioether (sulfide) groups is 2. The number of sulfone groups is 1. The van der Waals surface area contributed by atoms with E-state index in [-0.39, 0.29) is 21.8 Å². The van der Waals surface area contributed by atoms with E-state index in [2.05, 4.69) is 15.9 Å². The van der Waals surface area contributed by atoms with Crippen LogP contribution in [0.3, 0.4) is 0 Å². The quantitative estimate of drug-likeness (QED) is 0.150. The van der Waals surface area contributed by atoms with Crippen molar-refractivity contribution in [1.82, 2.24) is 0 Å². The summed E-state index contributed by atoms with van der Waals surface area (Å²) in [5.74, 6) is 1.77. The highest BCUT2D eigenvalue weighted by Gasteiger charge is 2.12. The second-order valence-corrected chi connectivity index (χ2v) is 16.2. The molecule has 0 amide bonds. The van der Waals surface area contributed by atoms with E-state index in [4.69, 9.17) is 13.3 Å². The maximum atomic E-state index is 11.6. The number of hydrogen-bond donors (Lipinski definition) is 0. The van der Waals surface area contributed by atoms with E-state index in [1.165, 1.54) is 28.0 Å². The van der Waals surface area contributed by atoms with Crippen molar-refractivity contribution in [3.8, 4) is 33.4 Å². The van der Waals surface area contributed by atoms with Crippen LogP contribution in [0.2, 0.25) is 0 Å². The van der Waals surface area contributed by atoms with Gasteiger partial charge in [-0.2, -0.15) is 0 Å². The molecule has 0 saturated carbocycles. The Morgan fingerprint density at radius 3 is 1.48 bits per heavy atom. The molecule has 0 spiro atoms. The van der Waals surface area contributed by atoms with Crippen LogP contribution in [0.5, 0.6) is 0 Å². The maximum absolute atomic E-state index is 11.6. The van der Waals surface area contributed by atoms with Gasteiger partial charge in [0.25, 0.3) is 0 Å². The molecule has 0 radical (unpaired) electrons. The predicted molar refractivity (Wildman–Crippen MR) is 215 cm³/mol. The van der Waals surface area contributed by atoms with E-state index in [0.717, 1.165) is 39.6 Å². The van der Waals surface area contributed by atoms with Crippen molar-refractivity contribution < 1.29 is 21.7 Å². The van der Waals surface area contributed by atoms with Crippen molar-refractivity contribution in [2.75, 3.05) is 18.8 Å². The van der Waals surface area contributed by atoms with Crippen LogP contribution in [0.15, 0.2) is 144 Å². The van der Waals surface area contributed by atoms with Crippen LogP contribution in [-0.4, -0.2) is 27.2 Å². The molecule has 0 N–H and O–H groups in total. The fourth-order valence-electron chi connectivity index (χ4n) is 4.99. The molecule has 6 aromatic rings. The summed E-state index contributed by atoms with van der Waals surface area (Å²) < 4.78 is 38.2. The molecule has 3 aromatic carbocycles. The first kappa shape index (κ1) is 40.4. The lowest BCUT2D eigenvalue weighted by molar-refractivity contribution is 0.476. The van der Waals surface area contributed by atoms with Crippen molar-refractivity contribution in [3.63, 3.8) is 0 Å². The highest BCUT2D eigenvalue weighted by atomic mass is 79.9. The first-order chi connectivity index (χ1) is 24.6. The molecule has 0 aliphatic heterocycles. The van der Waals surface area contributed by atoms with Crippen molar-refractivity contribution in [3.05, 3.63) is 156 Å². The number of hydrogen-bond acceptors (Lipinski definition) is 10. The zero-order valence-corrected chi connectivity index (χ0v) is 33.6. The first-order valence-electron chi connectivity index (χ1n) is 15.7. The summed E-state index contributed by atoms with van der Waals surface area (Å²) in [7, 11) is -3.21. The second-order valence-electron chi connectivity index (χ2n) is 11.6. The zero-order chi connectivity index (χ0) is 38.2. The van der Waals surface area contributed by atoms with Crippen molar-refractivity contribution in [2.45, 2.75) is 42.4 Å². The number of benzene rings is 3. The van der Waals surface area contributed by atoms with E-state index in [1.54, 1.807) is 69.4 Å².